The van der Waals surface area contributed by atoms with Crippen molar-refractivity contribution in [2.45, 2.75) is 12.2 Å². The standard InChI is InChI=1S/C13H25F3N4/c1-18-5-6-19(2)12(9-18)10-20-4-3-17-7-11(8-20)13(14,15)16/h11-12,17H,3-10H2,1-2H3. The predicted molar refractivity (Wildman–Crippen MR) is 72.8 cm³/mol. The topological polar surface area (TPSA) is 21.8 Å². The Morgan fingerprint density at radius 2 is 1.85 bits per heavy atom. The zero-order chi connectivity index (χ0) is 14.8. The number of hydrogen-bond acceptors (Lipinski definition) is 4. The largest absolute Gasteiger partial charge is 0.394 e. The van der Waals surface area contributed by atoms with E-state index in [1.807, 2.05) is 4.90 Å². The van der Waals surface area contributed by atoms with Gasteiger partial charge in [-0.15, -0.1) is 0 Å². The van der Waals surface area contributed by atoms with Crippen LogP contribution in [0.25, 0.3) is 0 Å². The molecule has 2 atom stereocenters. The number of hydrogen-bond donors (Lipinski definition) is 1. The minimum absolute atomic E-state index is 0.0421. The predicted octanol–water partition coefficient (Wildman–Crippen LogP) is 0.316. The van der Waals surface area contributed by atoms with Crippen molar-refractivity contribution in [1.82, 2.24) is 20.0 Å². The zero-order valence-electron chi connectivity index (χ0n) is 12.3. The van der Waals surface area contributed by atoms with Crippen LogP contribution in [0.5, 0.6) is 0 Å². The van der Waals surface area contributed by atoms with Crippen LogP contribution in [0.4, 0.5) is 13.2 Å². The summed E-state index contributed by atoms with van der Waals surface area (Å²) in [5.41, 5.74) is 0. The Morgan fingerprint density at radius 3 is 2.55 bits per heavy atom. The highest BCUT2D eigenvalue weighted by molar-refractivity contribution is 4.85. The maximum absolute atomic E-state index is 12.9. The maximum Gasteiger partial charge on any atom is 0.394 e. The molecule has 0 bridgehead atoms. The minimum atomic E-state index is -4.11. The molecule has 2 unspecified atom stereocenters. The molecule has 2 saturated heterocycles. The fraction of sp³-hybridized carbons (Fsp3) is 1.00. The number of rotatable bonds is 2. The maximum atomic E-state index is 12.9. The molecule has 7 heteroatoms. The lowest BCUT2D eigenvalue weighted by atomic mass is 10.1. The lowest BCUT2D eigenvalue weighted by Gasteiger charge is -2.40. The first-order valence-corrected chi connectivity index (χ1v) is 7.25. The van der Waals surface area contributed by atoms with Gasteiger partial charge in [0, 0.05) is 58.4 Å². The van der Waals surface area contributed by atoms with Crippen molar-refractivity contribution in [2.75, 3.05) is 66.5 Å². The molecule has 2 fully saturated rings. The van der Waals surface area contributed by atoms with Crippen LogP contribution >= 0.6 is 0 Å². The van der Waals surface area contributed by atoms with Crippen molar-refractivity contribution in [1.29, 1.82) is 0 Å². The van der Waals surface area contributed by atoms with Gasteiger partial charge in [-0.05, 0) is 14.1 Å². The quantitative estimate of drug-likeness (QED) is 0.791. The summed E-state index contributed by atoms with van der Waals surface area (Å²) in [5, 5.41) is 2.91. The number of nitrogens with zero attached hydrogens (tertiary/aromatic N) is 3. The van der Waals surface area contributed by atoms with Crippen molar-refractivity contribution in [3.05, 3.63) is 0 Å². The van der Waals surface area contributed by atoms with Gasteiger partial charge in [-0.3, -0.25) is 9.80 Å². The average Bonchev–Trinajstić information content (AvgIpc) is 2.59. The Morgan fingerprint density at radius 1 is 1.10 bits per heavy atom. The van der Waals surface area contributed by atoms with Gasteiger partial charge in [-0.25, -0.2) is 0 Å². The first-order chi connectivity index (χ1) is 9.36. The Labute approximate surface area is 118 Å². The molecule has 0 saturated carbocycles. The molecule has 0 aromatic rings. The summed E-state index contributed by atoms with van der Waals surface area (Å²) in [6, 6.07) is 0.320. The second kappa shape index (κ2) is 6.60. The molecular weight excluding hydrogens is 269 g/mol. The van der Waals surface area contributed by atoms with Crippen molar-refractivity contribution >= 4 is 0 Å². The van der Waals surface area contributed by atoms with Crippen molar-refractivity contribution in [3.8, 4) is 0 Å². The Kier molecular flexibility index (Phi) is 5.28. The molecule has 2 heterocycles. The third-order valence-electron chi connectivity index (χ3n) is 4.39. The van der Waals surface area contributed by atoms with Crippen LogP contribution < -0.4 is 5.32 Å². The normalized spacial score (nSPS) is 32.2. The number of piperazine rings is 1. The number of alkyl halides is 3. The first kappa shape index (κ1) is 16.0. The van der Waals surface area contributed by atoms with Crippen LogP contribution in [0, 0.1) is 5.92 Å². The molecule has 0 spiro atoms. The zero-order valence-corrected chi connectivity index (χ0v) is 12.3. The van der Waals surface area contributed by atoms with E-state index in [4.69, 9.17) is 0 Å². The van der Waals surface area contributed by atoms with Gasteiger partial charge in [-0.2, -0.15) is 13.2 Å². The van der Waals surface area contributed by atoms with Crippen LogP contribution in [0.2, 0.25) is 0 Å². The fourth-order valence-corrected chi connectivity index (χ4v) is 2.96. The summed E-state index contributed by atoms with van der Waals surface area (Å²) in [5.74, 6) is -1.25. The van der Waals surface area contributed by atoms with Crippen LogP contribution in [-0.4, -0.2) is 93.4 Å². The lowest BCUT2D eigenvalue weighted by molar-refractivity contribution is -0.176. The summed E-state index contributed by atoms with van der Waals surface area (Å²) in [7, 11) is 4.14. The molecule has 1 N–H and O–H groups in total. The van der Waals surface area contributed by atoms with Crippen molar-refractivity contribution in [2.24, 2.45) is 5.92 Å². The third-order valence-corrected chi connectivity index (χ3v) is 4.39. The van der Waals surface area contributed by atoms with Crippen LogP contribution in [0.15, 0.2) is 0 Å². The van der Waals surface area contributed by atoms with E-state index in [1.54, 1.807) is 0 Å². The van der Waals surface area contributed by atoms with Gasteiger partial charge in [0.15, 0.2) is 0 Å². The minimum Gasteiger partial charge on any atom is -0.315 e. The molecule has 20 heavy (non-hydrogen) atoms. The molecule has 0 aliphatic carbocycles. The van der Waals surface area contributed by atoms with Gasteiger partial charge in [0.25, 0.3) is 0 Å². The smallest absolute Gasteiger partial charge is 0.315 e. The van der Waals surface area contributed by atoms with Crippen LogP contribution in [0.1, 0.15) is 0 Å². The van der Waals surface area contributed by atoms with Crippen molar-refractivity contribution < 1.29 is 13.2 Å². The summed E-state index contributed by atoms with van der Waals surface area (Å²) in [6.07, 6.45) is -4.11. The molecule has 0 amide bonds. The molecule has 2 aliphatic rings. The molecule has 0 aromatic carbocycles. The highest BCUT2D eigenvalue weighted by Crippen LogP contribution is 2.27. The first-order valence-electron chi connectivity index (χ1n) is 7.25. The van der Waals surface area contributed by atoms with E-state index in [0.717, 1.165) is 26.2 Å². The average molecular weight is 294 g/mol. The van der Waals surface area contributed by atoms with Gasteiger partial charge >= 0.3 is 6.18 Å². The molecule has 0 radical (unpaired) electrons. The van der Waals surface area contributed by atoms with E-state index in [1.165, 1.54) is 0 Å². The highest BCUT2D eigenvalue weighted by Gasteiger charge is 2.41. The van der Waals surface area contributed by atoms with Gasteiger partial charge in [0.2, 0.25) is 0 Å². The Bertz CT molecular complexity index is 310. The summed E-state index contributed by atoms with van der Waals surface area (Å²) in [6.45, 7) is 5.15. The molecule has 4 nitrogen and oxygen atoms in total. The van der Waals surface area contributed by atoms with Gasteiger partial charge in [-0.1, -0.05) is 0 Å². The van der Waals surface area contributed by atoms with E-state index in [-0.39, 0.29) is 13.1 Å². The van der Waals surface area contributed by atoms with E-state index in [0.29, 0.717) is 19.1 Å². The van der Waals surface area contributed by atoms with Crippen LogP contribution in [-0.2, 0) is 0 Å². The van der Waals surface area contributed by atoms with E-state index in [9.17, 15) is 13.2 Å². The molecule has 2 aliphatic heterocycles. The van der Waals surface area contributed by atoms with Gasteiger partial charge < -0.3 is 10.2 Å². The van der Waals surface area contributed by atoms with Crippen molar-refractivity contribution in [3.63, 3.8) is 0 Å². The van der Waals surface area contributed by atoms with E-state index >= 15 is 0 Å². The Balaban J connectivity index is 1.93. The van der Waals surface area contributed by atoms with E-state index in [2.05, 4.69) is 29.2 Å². The fourth-order valence-electron chi connectivity index (χ4n) is 2.96. The van der Waals surface area contributed by atoms with E-state index < -0.39 is 12.1 Å². The van der Waals surface area contributed by atoms with Gasteiger partial charge in [0.05, 0.1) is 5.92 Å². The molecule has 118 valence electrons. The molecule has 2 rings (SSSR count). The second-order valence-corrected chi connectivity index (χ2v) is 6.10. The molecule has 0 aromatic heterocycles. The second-order valence-electron chi connectivity index (χ2n) is 6.10. The monoisotopic (exact) mass is 294 g/mol. The lowest BCUT2D eigenvalue weighted by Crippen LogP contribution is -2.55. The Hall–Kier alpha value is -0.370. The summed E-state index contributed by atoms with van der Waals surface area (Å²) >= 11 is 0. The number of likely N-dealkylation sites (N-methyl/N-ethyl adjacent to an activating group) is 2. The molecular formula is C13H25F3N4. The number of nitrogens with one attached hydrogen (secondary N) is 1. The SMILES string of the molecule is CN1CCN(C)C(CN2CCNCC(C(F)(F)F)C2)C1. The van der Waals surface area contributed by atoms with Crippen LogP contribution in [0.3, 0.4) is 0 Å². The highest BCUT2D eigenvalue weighted by atomic mass is 19.4. The van der Waals surface area contributed by atoms with Gasteiger partial charge in [0.1, 0.15) is 0 Å². The third kappa shape index (κ3) is 4.31. The number of halogens is 3. The summed E-state index contributed by atoms with van der Waals surface area (Å²) in [4.78, 5) is 6.49. The summed E-state index contributed by atoms with van der Waals surface area (Å²) < 4.78 is 38.8.